The lowest BCUT2D eigenvalue weighted by atomic mass is 9.95. The maximum Gasteiger partial charge on any atom is 0.354 e. The van der Waals surface area contributed by atoms with Gasteiger partial charge in [-0.1, -0.05) is 48.7 Å². The summed E-state index contributed by atoms with van der Waals surface area (Å²) in [5.41, 5.74) is 0.614. The topological polar surface area (TPSA) is 55.1 Å². The molecule has 0 atom stereocenters. The number of hydrogen-bond acceptors (Lipinski definition) is 3. The van der Waals surface area contributed by atoms with E-state index in [1.165, 1.54) is 30.4 Å². The van der Waals surface area contributed by atoms with E-state index in [1.54, 1.807) is 16.7 Å². The van der Waals surface area contributed by atoms with Crippen LogP contribution < -0.4 is 0 Å². The van der Waals surface area contributed by atoms with Crippen LogP contribution in [-0.2, 0) is 5.75 Å². The Balaban J connectivity index is 1.86. The van der Waals surface area contributed by atoms with E-state index < -0.39 is 5.97 Å². The van der Waals surface area contributed by atoms with E-state index in [1.807, 2.05) is 0 Å². The van der Waals surface area contributed by atoms with E-state index in [0.717, 1.165) is 25.7 Å². The molecule has 0 aliphatic heterocycles. The fourth-order valence-corrected chi connectivity index (χ4v) is 4.50. The van der Waals surface area contributed by atoms with E-state index in [-0.39, 0.29) is 17.6 Å². The highest BCUT2D eigenvalue weighted by molar-refractivity contribution is 7.98. The van der Waals surface area contributed by atoms with Crippen LogP contribution in [0.15, 0.2) is 29.6 Å². The third-order valence-electron chi connectivity index (χ3n) is 4.33. The van der Waals surface area contributed by atoms with Crippen LogP contribution in [0.5, 0.6) is 0 Å². The van der Waals surface area contributed by atoms with Crippen molar-refractivity contribution in [2.45, 2.75) is 49.1 Å². The van der Waals surface area contributed by atoms with Crippen molar-refractivity contribution < 1.29 is 14.3 Å². The summed E-state index contributed by atoms with van der Waals surface area (Å²) in [6.07, 6.45) is 6.65. The minimum absolute atomic E-state index is 0.144. The highest BCUT2D eigenvalue weighted by atomic mass is 35.5. The zero-order chi connectivity index (χ0) is 17.1. The van der Waals surface area contributed by atoms with E-state index in [0.29, 0.717) is 21.5 Å². The molecule has 2 aromatic rings. The van der Waals surface area contributed by atoms with Crippen molar-refractivity contribution >= 4 is 29.3 Å². The molecule has 1 heterocycles. The van der Waals surface area contributed by atoms with E-state index in [4.69, 9.17) is 11.6 Å². The first-order chi connectivity index (χ1) is 11.6. The second-order valence-electron chi connectivity index (χ2n) is 5.88. The normalized spacial score (nSPS) is 15.6. The number of halogens is 2. The van der Waals surface area contributed by atoms with Crippen molar-refractivity contribution in [1.29, 1.82) is 0 Å². The van der Waals surface area contributed by atoms with Gasteiger partial charge in [0, 0.05) is 22.4 Å². The summed E-state index contributed by atoms with van der Waals surface area (Å²) in [5.74, 6) is -1.03. The quantitative estimate of drug-likeness (QED) is 0.739. The van der Waals surface area contributed by atoms with Crippen LogP contribution in [0.4, 0.5) is 4.39 Å². The SMILES string of the molecule is O=C(O)c1cnc(SCc2c(F)cccc2Cl)n1C1CCCCC1. The van der Waals surface area contributed by atoms with Crippen molar-refractivity contribution in [3.63, 3.8) is 0 Å². The Labute approximate surface area is 149 Å². The number of nitrogens with zero attached hydrogens (tertiary/aromatic N) is 2. The number of rotatable bonds is 5. The van der Waals surface area contributed by atoms with Crippen molar-refractivity contribution in [1.82, 2.24) is 9.55 Å². The molecule has 128 valence electrons. The van der Waals surface area contributed by atoms with Crippen LogP contribution in [0.3, 0.4) is 0 Å². The van der Waals surface area contributed by atoms with Gasteiger partial charge in [-0.05, 0) is 25.0 Å². The van der Waals surface area contributed by atoms with Gasteiger partial charge in [0.25, 0.3) is 0 Å². The first-order valence-corrected chi connectivity index (χ1v) is 9.30. The minimum atomic E-state index is -0.983. The van der Waals surface area contributed by atoms with Gasteiger partial charge in [0.05, 0.1) is 6.20 Å². The van der Waals surface area contributed by atoms with Crippen molar-refractivity contribution in [3.05, 3.63) is 46.5 Å². The lowest BCUT2D eigenvalue weighted by Gasteiger charge is -2.25. The molecule has 1 aliphatic carbocycles. The zero-order valence-electron chi connectivity index (χ0n) is 13.0. The molecule has 1 N–H and O–H groups in total. The zero-order valence-corrected chi connectivity index (χ0v) is 14.6. The molecule has 0 amide bonds. The molecule has 1 aromatic heterocycles. The van der Waals surface area contributed by atoms with Gasteiger partial charge in [-0.3, -0.25) is 0 Å². The van der Waals surface area contributed by atoms with Crippen LogP contribution in [0.1, 0.15) is 54.2 Å². The molecule has 1 aliphatic rings. The first kappa shape index (κ1) is 17.3. The second kappa shape index (κ2) is 7.57. The summed E-state index contributed by atoms with van der Waals surface area (Å²) in [7, 11) is 0. The third-order valence-corrected chi connectivity index (χ3v) is 5.68. The molecule has 0 radical (unpaired) electrons. The molecule has 0 bridgehead atoms. The maximum atomic E-state index is 13.9. The number of benzene rings is 1. The highest BCUT2D eigenvalue weighted by Gasteiger charge is 2.25. The van der Waals surface area contributed by atoms with Gasteiger partial charge in [0.15, 0.2) is 5.16 Å². The molecule has 1 aromatic carbocycles. The molecule has 0 spiro atoms. The van der Waals surface area contributed by atoms with Gasteiger partial charge in [-0.2, -0.15) is 0 Å². The van der Waals surface area contributed by atoms with E-state index in [9.17, 15) is 14.3 Å². The molecule has 24 heavy (non-hydrogen) atoms. The second-order valence-corrected chi connectivity index (χ2v) is 7.23. The van der Waals surface area contributed by atoms with Crippen LogP contribution in [-0.4, -0.2) is 20.6 Å². The average molecular weight is 369 g/mol. The smallest absolute Gasteiger partial charge is 0.354 e. The molecule has 0 saturated heterocycles. The number of carbonyl (C=O) groups is 1. The van der Waals surface area contributed by atoms with Gasteiger partial charge in [-0.25, -0.2) is 14.2 Å². The lowest BCUT2D eigenvalue weighted by molar-refractivity contribution is 0.0679. The van der Waals surface area contributed by atoms with Crippen molar-refractivity contribution in [2.24, 2.45) is 0 Å². The molecule has 1 fully saturated rings. The summed E-state index contributed by atoms with van der Waals surface area (Å²) in [6.45, 7) is 0. The van der Waals surface area contributed by atoms with Crippen LogP contribution in [0.2, 0.25) is 5.02 Å². The number of hydrogen-bond donors (Lipinski definition) is 1. The Kier molecular flexibility index (Phi) is 5.46. The molecule has 3 rings (SSSR count). The van der Waals surface area contributed by atoms with Crippen LogP contribution in [0, 0.1) is 5.82 Å². The van der Waals surface area contributed by atoms with Gasteiger partial charge in [0.2, 0.25) is 0 Å². The predicted octanol–water partition coefficient (Wildman–Crippen LogP) is 5.17. The number of imidazole rings is 1. The largest absolute Gasteiger partial charge is 0.477 e. The highest BCUT2D eigenvalue weighted by Crippen LogP contribution is 2.35. The minimum Gasteiger partial charge on any atom is -0.477 e. The Morgan fingerprint density at radius 3 is 2.79 bits per heavy atom. The molecular weight excluding hydrogens is 351 g/mol. The molecule has 0 unspecified atom stereocenters. The van der Waals surface area contributed by atoms with Gasteiger partial charge in [0.1, 0.15) is 11.5 Å². The van der Waals surface area contributed by atoms with Gasteiger partial charge < -0.3 is 9.67 Å². The fourth-order valence-electron chi connectivity index (χ4n) is 3.11. The number of carboxylic acid groups (broad SMARTS) is 1. The standard InChI is InChI=1S/C17H18ClFN2O2S/c18-13-7-4-8-14(19)12(13)10-24-17-20-9-15(16(22)23)21(17)11-5-2-1-3-6-11/h4,7-9,11H,1-3,5-6,10H2,(H,22,23). The number of aromatic nitrogens is 2. The van der Waals surface area contributed by atoms with E-state index in [2.05, 4.69) is 4.98 Å². The summed E-state index contributed by atoms with van der Waals surface area (Å²) < 4.78 is 15.7. The lowest BCUT2D eigenvalue weighted by Crippen LogP contribution is -2.18. The van der Waals surface area contributed by atoms with Crippen molar-refractivity contribution in [2.75, 3.05) is 0 Å². The monoisotopic (exact) mass is 368 g/mol. The maximum absolute atomic E-state index is 13.9. The molecule has 1 saturated carbocycles. The van der Waals surface area contributed by atoms with E-state index >= 15 is 0 Å². The Hall–Kier alpha value is -1.53. The Morgan fingerprint density at radius 2 is 2.12 bits per heavy atom. The number of carboxylic acids is 1. The summed E-state index contributed by atoms with van der Waals surface area (Å²) in [6, 6.07) is 4.73. The predicted molar refractivity (Wildman–Crippen MR) is 92.3 cm³/mol. The number of aromatic carboxylic acids is 1. The third kappa shape index (κ3) is 3.59. The summed E-state index contributed by atoms with van der Waals surface area (Å²) in [4.78, 5) is 15.8. The first-order valence-electron chi connectivity index (χ1n) is 7.94. The Bertz CT molecular complexity index is 724. The Morgan fingerprint density at radius 1 is 1.38 bits per heavy atom. The molecule has 7 heteroatoms. The summed E-state index contributed by atoms with van der Waals surface area (Å²) in [5, 5.41) is 10.4. The van der Waals surface area contributed by atoms with Gasteiger partial charge in [-0.15, -0.1) is 0 Å². The van der Waals surface area contributed by atoms with Gasteiger partial charge >= 0.3 is 5.97 Å². The average Bonchev–Trinajstić information content (AvgIpc) is 2.99. The molecule has 4 nitrogen and oxygen atoms in total. The fraction of sp³-hybridized carbons (Fsp3) is 0.412. The van der Waals surface area contributed by atoms with Crippen LogP contribution >= 0.6 is 23.4 Å². The number of thioether (sulfide) groups is 1. The molecular formula is C17H18ClFN2O2S. The van der Waals surface area contributed by atoms with Crippen molar-refractivity contribution in [3.8, 4) is 0 Å². The summed E-state index contributed by atoms with van der Waals surface area (Å²) >= 11 is 7.39. The van der Waals surface area contributed by atoms with Crippen LogP contribution in [0.25, 0.3) is 0 Å².